The highest BCUT2D eigenvalue weighted by Gasteiger charge is 2.39. The molecule has 1 aromatic heterocycles. The van der Waals surface area contributed by atoms with Gasteiger partial charge >= 0.3 is 5.97 Å². The van der Waals surface area contributed by atoms with Gasteiger partial charge in [-0.15, -0.1) is 0 Å². The average molecular weight is 366 g/mol. The van der Waals surface area contributed by atoms with E-state index >= 15 is 0 Å². The summed E-state index contributed by atoms with van der Waals surface area (Å²) in [5.41, 5.74) is 5.64. The lowest BCUT2D eigenvalue weighted by molar-refractivity contribution is -0.136. The Morgan fingerprint density at radius 3 is 2.96 bits per heavy atom. The lowest BCUT2D eigenvalue weighted by atomic mass is 9.78. The summed E-state index contributed by atoms with van der Waals surface area (Å²) >= 11 is 0. The minimum absolute atomic E-state index is 0.0341. The molecule has 0 aliphatic carbocycles. The minimum atomic E-state index is -0.352. The van der Waals surface area contributed by atoms with E-state index in [1.807, 2.05) is 6.92 Å². The Morgan fingerprint density at radius 2 is 2.22 bits per heavy atom. The van der Waals surface area contributed by atoms with Crippen LogP contribution in [-0.2, 0) is 16.0 Å². The number of aliphatic hydroxyl groups is 1. The third-order valence-electron chi connectivity index (χ3n) is 6.04. The number of aromatic nitrogens is 1. The zero-order chi connectivity index (χ0) is 19.0. The quantitative estimate of drug-likeness (QED) is 0.498. The van der Waals surface area contributed by atoms with Gasteiger partial charge in [0, 0.05) is 41.2 Å². The molecule has 4 rings (SSSR count). The Bertz CT molecular complexity index is 925. The standard InChI is InChI=1S/C22H26N2O3/c1-3-14-13-24-10-8-16-15-6-4-5-7-19(15)23-21(16)20(24)12-18(14)17(9-11-25)22(26)27-2/h3-7,9,18,20,23,25H,8,10-13H2,1-2H3/b14-3-,17-9-/t18-,20-/m0/s1. The van der Waals surface area contributed by atoms with Crippen molar-refractivity contribution in [1.29, 1.82) is 0 Å². The van der Waals surface area contributed by atoms with Crippen LogP contribution < -0.4 is 0 Å². The number of ether oxygens (including phenoxy) is 1. The molecule has 2 N–H and O–H groups in total. The Balaban J connectivity index is 1.75. The van der Waals surface area contributed by atoms with Crippen LogP contribution in [0.3, 0.4) is 0 Å². The predicted octanol–water partition coefficient (Wildman–Crippen LogP) is 3.13. The number of esters is 1. The van der Waals surface area contributed by atoms with Crippen LogP contribution in [-0.4, -0.2) is 47.8 Å². The summed E-state index contributed by atoms with van der Waals surface area (Å²) in [5.74, 6) is -0.386. The maximum absolute atomic E-state index is 12.4. The first kappa shape index (κ1) is 18.0. The van der Waals surface area contributed by atoms with E-state index in [1.165, 1.54) is 34.8 Å². The van der Waals surface area contributed by atoms with E-state index in [9.17, 15) is 9.90 Å². The van der Waals surface area contributed by atoms with Crippen molar-refractivity contribution in [2.45, 2.75) is 25.8 Å². The van der Waals surface area contributed by atoms with Crippen molar-refractivity contribution >= 4 is 16.9 Å². The van der Waals surface area contributed by atoms with Gasteiger partial charge in [0.1, 0.15) is 0 Å². The Morgan fingerprint density at radius 1 is 1.41 bits per heavy atom. The van der Waals surface area contributed by atoms with Crippen LogP contribution in [0.4, 0.5) is 0 Å². The van der Waals surface area contributed by atoms with Crippen LogP contribution in [0.25, 0.3) is 10.9 Å². The van der Waals surface area contributed by atoms with Gasteiger partial charge in [-0.25, -0.2) is 4.79 Å². The van der Waals surface area contributed by atoms with Gasteiger partial charge in [0.25, 0.3) is 0 Å². The van der Waals surface area contributed by atoms with Gasteiger partial charge in [-0.3, -0.25) is 4.90 Å². The summed E-state index contributed by atoms with van der Waals surface area (Å²) < 4.78 is 5.00. The molecule has 142 valence electrons. The Kier molecular flexibility index (Phi) is 4.89. The number of nitrogens with one attached hydrogen (secondary N) is 1. The summed E-state index contributed by atoms with van der Waals surface area (Å²) in [4.78, 5) is 18.5. The van der Waals surface area contributed by atoms with Crippen molar-refractivity contribution in [3.05, 3.63) is 58.8 Å². The number of nitrogens with zero attached hydrogens (tertiary/aromatic N) is 1. The SMILES string of the molecule is C/C=C1/CN2CCc3c([nH]c4ccccc34)[C@@H]2C[C@@H]1/C(=C/CO)C(=O)OC. The second-order valence-corrected chi connectivity index (χ2v) is 7.28. The fourth-order valence-corrected chi connectivity index (χ4v) is 4.75. The Labute approximate surface area is 159 Å². The van der Waals surface area contributed by atoms with Gasteiger partial charge in [-0.2, -0.15) is 0 Å². The monoisotopic (exact) mass is 366 g/mol. The van der Waals surface area contributed by atoms with Gasteiger partial charge in [0.2, 0.25) is 0 Å². The third kappa shape index (κ3) is 3.01. The molecule has 5 nitrogen and oxygen atoms in total. The molecule has 5 heteroatoms. The largest absolute Gasteiger partial charge is 0.466 e. The van der Waals surface area contributed by atoms with Crippen molar-refractivity contribution in [3.8, 4) is 0 Å². The molecule has 0 radical (unpaired) electrons. The number of hydrogen-bond donors (Lipinski definition) is 2. The number of H-pyrrole nitrogens is 1. The van der Waals surface area contributed by atoms with E-state index in [2.05, 4.69) is 40.2 Å². The molecule has 0 amide bonds. The molecule has 3 heterocycles. The van der Waals surface area contributed by atoms with Gasteiger partial charge < -0.3 is 14.8 Å². The predicted molar refractivity (Wildman–Crippen MR) is 105 cm³/mol. The first-order chi connectivity index (χ1) is 13.2. The van der Waals surface area contributed by atoms with Crippen LogP contribution in [0, 0.1) is 5.92 Å². The molecular formula is C22H26N2O3. The first-order valence-corrected chi connectivity index (χ1v) is 9.55. The number of benzene rings is 1. The molecular weight excluding hydrogens is 340 g/mol. The summed E-state index contributed by atoms with van der Waals surface area (Å²) in [5, 5.41) is 10.7. The zero-order valence-corrected chi connectivity index (χ0v) is 15.9. The maximum atomic E-state index is 12.4. The van der Waals surface area contributed by atoms with E-state index in [0.29, 0.717) is 5.57 Å². The van der Waals surface area contributed by atoms with E-state index in [1.54, 1.807) is 6.08 Å². The first-order valence-electron chi connectivity index (χ1n) is 9.55. The van der Waals surface area contributed by atoms with Crippen molar-refractivity contribution in [2.75, 3.05) is 26.8 Å². The number of aromatic amines is 1. The van der Waals surface area contributed by atoms with Crippen molar-refractivity contribution in [1.82, 2.24) is 9.88 Å². The molecule has 0 saturated carbocycles. The van der Waals surface area contributed by atoms with Crippen LogP contribution in [0.2, 0.25) is 0 Å². The molecule has 2 aliphatic rings. The van der Waals surface area contributed by atoms with Gasteiger partial charge in [0.15, 0.2) is 0 Å². The molecule has 2 aromatic rings. The smallest absolute Gasteiger partial charge is 0.334 e. The average Bonchev–Trinajstić information content (AvgIpc) is 3.09. The summed E-state index contributed by atoms with van der Waals surface area (Å²) in [6, 6.07) is 8.69. The number of methoxy groups -OCH3 is 1. The van der Waals surface area contributed by atoms with Gasteiger partial charge in [0.05, 0.1) is 19.8 Å². The van der Waals surface area contributed by atoms with E-state index in [4.69, 9.17) is 4.74 Å². The molecule has 0 bridgehead atoms. The number of carbonyl (C=O) groups is 1. The number of piperidine rings is 1. The van der Waals surface area contributed by atoms with Gasteiger partial charge in [-0.1, -0.05) is 29.8 Å². The highest BCUT2D eigenvalue weighted by atomic mass is 16.5. The lowest BCUT2D eigenvalue weighted by Gasteiger charge is -2.44. The number of hydrogen-bond acceptors (Lipinski definition) is 4. The summed E-state index contributed by atoms with van der Waals surface area (Å²) in [6.07, 6.45) is 5.55. The van der Waals surface area contributed by atoms with Crippen molar-refractivity contribution in [2.24, 2.45) is 5.92 Å². The highest BCUT2D eigenvalue weighted by Crippen LogP contribution is 2.44. The molecule has 1 saturated heterocycles. The molecule has 1 aromatic carbocycles. The van der Waals surface area contributed by atoms with Crippen molar-refractivity contribution in [3.63, 3.8) is 0 Å². The number of para-hydroxylation sites is 1. The minimum Gasteiger partial charge on any atom is -0.466 e. The number of rotatable bonds is 3. The topological polar surface area (TPSA) is 65.6 Å². The second kappa shape index (κ2) is 7.33. The van der Waals surface area contributed by atoms with Crippen LogP contribution in [0.5, 0.6) is 0 Å². The lowest BCUT2D eigenvalue weighted by Crippen LogP contribution is -2.43. The summed E-state index contributed by atoms with van der Waals surface area (Å²) in [6.45, 7) is 3.71. The fraction of sp³-hybridized carbons (Fsp3) is 0.409. The third-order valence-corrected chi connectivity index (χ3v) is 6.04. The highest BCUT2D eigenvalue weighted by molar-refractivity contribution is 5.90. The Hall–Kier alpha value is -2.37. The van der Waals surface area contributed by atoms with Crippen LogP contribution in [0.15, 0.2) is 47.6 Å². The van der Waals surface area contributed by atoms with Crippen LogP contribution >= 0.6 is 0 Å². The normalized spacial score (nSPS) is 24.7. The molecule has 2 aliphatic heterocycles. The molecule has 2 atom stereocenters. The number of carbonyl (C=O) groups excluding carboxylic acids is 1. The van der Waals surface area contributed by atoms with Gasteiger partial charge in [-0.05, 0) is 37.5 Å². The zero-order valence-electron chi connectivity index (χ0n) is 15.9. The second-order valence-electron chi connectivity index (χ2n) is 7.28. The molecule has 27 heavy (non-hydrogen) atoms. The van der Waals surface area contributed by atoms with Crippen LogP contribution in [0.1, 0.15) is 30.6 Å². The van der Waals surface area contributed by atoms with E-state index < -0.39 is 0 Å². The molecule has 0 spiro atoms. The summed E-state index contributed by atoms with van der Waals surface area (Å²) in [7, 11) is 1.40. The molecule has 1 fully saturated rings. The van der Waals surface area contributed by atoms with E-state index in [0.717, 1.165) is 25.9 Å². The van der Waals surface area contributed by atoms with E-state index in [-0.39, 0.29) is 24.5 Å². The number of allylic oxidation sites excluding steroid dienone is 1. The number of fused-ring (bicyclic) bond motifs is 5. The van der Waals surface area contributed by atoms with Crippen molar-refractivity contribution < 1.29 is 14.6 Å². The maximum Gasteiger partial charge on any atom is 0.334 e. The number of aliphatic hydroxyl groups excluding tert-OH is 1. The molecule has 0 unspecified atom stereocenters. The fourth-order valence-electron chi connectivity index (χ4n) is 4.75.